The smallest absolute Gasteiger partial charge is 0.186 e. The summed E-state index contributed by atoms with van der Waals surface area (Å²) >= 11 is 1.53. The molecule has 2 aliphatic carbocycles. The lowest BCUT2D eigenvalue weighted by Crippen LogP contribution is -2.35. The molecule has 2 N–H and O–H groups in total. The molecule has 230 valence electrons. The number of nitriles is 1. The molecule has 1 aliphatic heterocycles. The standard InChI is InChI=1S/C32H34N10O2S/c1-17(23-8-6-13-40(23)3)42-31-21(16-35-42)30(41-14-10-22(38-41)18(2)43)36-29(37-31)26-19-7-4-11-32(27(19)44-39-26)12-5-9-24-25(32)20(15-33)28(34)45-24/h10,14,16-17,23H,4-9,11-13,34H2,1-3H3. The Bertz CT molecular complexity index is 2020. The van der Waals surface area contributed by atoms with E-state index in [1.54, 1.807) is 23.1 Å². The first kappa shape index (κ1) is 28.1. The number of hydrogen-bond acceptors (Lipinski definition) is 11. The van der Waals surface area contributed by atoms with Crippen molar-refractivity contribution in [2.45, 2.75) is 82.7 Å². The summed E-state index contributed by atoms with van der Waals surface area (Å²) in [5.41, 5.74) is 10.1. The van der Waals surface area contributed by atoms with Crippen molar-refractivity contribution in [2.24, 2.45) is 0 Å². The molecule has 8 rings (SSSR count). The van der Waals surface area contributed by atoms with Crippen molar-refractivity contribution in [3.63, 3.8) is 0 Å². The van der Waals surface area contributed by atoms with Gasteiger partial charge in [-0.15, -0.1) is 11.3 Å². The third-order valence-corrected chi connectivity index (χ3v) is 11.3. The van der Waals surface area contributed by atoms with Crippen LogP contribution in [0, 0.1) is 11.3 Å². The van der Waals surface area contributed by atoms with Crippen molar-refractivity contribution < 1.29 is 9.32 Å². The first-order valence-electron chi connectivity index (χ1n) is 15.6. The van der Waals surface area contributed by atoms with Crippen molar-refractivity contribution in [3.05, 3.63) is 51.5 Å². The number of Topliss-reactive ketones (excluding diaryl/α,β-unsaturated/α-hetero) is 1. The second-order valence-electron chi connectivity index (χ2n) is 12.7. The number of likely N-dealkylation sites (N-methyl/N-ethyl adjacent to an activating group) is 1. The minimum Gasteiger partial charge on any atom is -0.389 e. The van der Waals surface area contributed by atoms with Crippen LogP contribution in [0.15, 0.2) is 23.0 Å². The van der Waals surface area contributed by atoms with Crippen molar-refractivity contribution in [3.8, 4) is 23.4 Å². The molecule has 5 aromatic heterocycles. The molecule has 1 saturated heterocycles. The van der Waals surface area contributed by atoms with Gasteiger partial charge in [0.05, 0.1) is 28.6 Å². The van der Waals surface area contributed by atoms with Gasteiger partial charge < -0.3 is 15.2 Å². The predicted molar refractivity (Wildman–Crippen MR) is 168 cm³/mol. The van der Waals surface area contributed by atoms with E-state index >= 15 is 0 Å². The fourth-order valence-electron chi connectivity index (χ4n) is 8.04. The van der Waals surface area contributed by atoms with E-state index in [0.717, 1.165) is 80.2 Å². The summed E-state index contributed by atoms with van der Waals surface area (Å²) < 4.78 is 9.89. The third-order valence-electron chi connectivity index (χ3n) is 10.2. The zero-order valence-electron chi connectivity index (χ0n) is 25.6. The van der Waals surface area contributed by atoms with Gasteiger partial charge in [-0.2, -0.15) is 15.5 Å². The molecule has 12 nitrogen and oxygen atoms in total. The Balaban J connectivity index is 1.32. The third kappa shape index (κ3) is 4.12. The lowest BCUT2D eigenvalue weighted by atomic mass is 9.63. The molecular weight excluding hydrogens is 588 g/mol. The molecular formula is C32H34N10O2S. The van der Waals surface area contributed by atoms with Crippen molar-refractivity contribution in [2.75, 3.05) is 19.3 Å². The van der Waals surface area contributed by atoms with E-state index < -0.39 is 5.41 Å². The fourth-order valence-corrected chi connectivity index (χ4v) is 9.21. The summed E-state index contributed by atoms with van der Waals surface area (Å²) in [5, 5.41) is 25.4. The van der Waals surface area contributed by atoms with Crippen LogP contribution in [0.3, 0.4) is 0 Å². The summed E-state index contributed by atoms with van der Waals surface area (Å²) in [6.07, 6.45) is 11.1. The number of aromatic nitrogens is 7. The van der Waals surface area contributed by atoms with Crippen LogP contribution in [-0.4, -0.2) is 65.0 Å². The summed E-state index contributed by atoms with van der Waals surface area (Å²) in [7, 11) is 2.16. The Labute approximate surface area is 263 Å². The number of likely N-dealkylation sites (tertiary alicyclic amines) is 1. The molecule has 0 saturated carbocycles. The number of carbonyl (C=O) groups is 1. The van der Waals surface area contributed by atoms with Crippen LogP contribution in [0.5, 0.6) is 0 Å². The van der Waals surface area contributed by atoms with E-state index in [2.05, 4.69) is 35.2 Å². The number of aryl methyl sites for hydroxylation is 1. The Morgan fingerprint density at radius 3 is 2.80 bits per heavy atom. The highest BCUT2D eigenvalue weighted by atomic mass is 32.1. The molecule has 1 spiro atoms. The van der Waals surface area contributed by atoms with Crippen LogP contribution >= 0.6 is 11.3 Å². The number of nitrogens with two attached hydrogens (primary N) is 1. The number of rotatable bonds is 5. The molecule has 0 amide bonds. The Morgan fingerprint density at radius 2 is 2.07 bits per heavy atom. The van der Waals surface area contributed by atoms with Gasteiger partial charge in [0.15, 0.2) is 34.5 Å². The van der Waals surface area contributed by atoms with E-state index in [-0.39, 0.29) is 11.8 Å². The maximum absolute atomic E-state index is 12.1. The second kappa shape index (κ2) is 10.3. The van der Waals surface area contributed by atoms with Gasteiger partial charge in [0.1, 0.15) is 16.8 Å². The average molecular weight is 623 g/mol. The van der Waals surface area contributed by atoms with Crippen molar-refractivity contribution in [1.82, 2.24) is 39.6 Å². The quantitative estimate of drug-likeness (QED) is 0.265. The topological polar surface area (TPSA) is 158 Å². The fraction of sp³-hybridized carbons (Fsp3) is 0.469. The van der Waals surface area contributed by atoms with Gasteiger partial charge >= 0.3 is 0 Å². The van der Waals surface area contributed by atoms with Gasteiger partial charge in [-0.3, -0.25) is 4.79 Å². The molecule has 13 heteroatoms. The van der Waals surface area contributed by atoms with Crippen LogP contribution < -0.4 is 5.73 Å². The summed E-state index contributed by atoms with van der Waals surface area (Å²) in [5.74, 6) is 1.63. The van der Waals surface area contributed by atoms with Crippen LogP contribution in [0.4, 0.5) is 5.00 Å². The van der Waals surface area contributed by atoms with Gasteiger partial charge in [0.2, 0.25) is 0 Å². The van der Waals surface area contributed by atoms with E-state index in [1.807, 2.05) is 4.68 Å². The molecule has 0 bridgehead atoms. The SMILES string of the molecule is CC(=O)c1ccn(-c2nc(-c3noc4c3CCCC43CCCc4sc(N)c(C#N)c43)nc3c2cnn3C(C)C2CCCN2C)n1. The Morgan fingerprint density at radius 1 is 1.24 bits per heavy atom. The minimum atomic E-state index is -0.444. The van der Waals surface area contributed by atoms with Crippen LogP contribution in [0.1, 0.15) is 96.2 Å². The molecule has 3 aliphatic rings. The number of nitrogen functional groups attached to an aromatic ring is 1. The van der Waals surface area contributed by atoms with Crippen LogP contribution in [0.25, 0.3) is 28.4 Å². The first-order chi connectivity index (χ1) is 21.8. The molecule has 0 aromatic carbocycles. The minimum absolute atomic E-state index is 0.0691. The predicted octanol–water partition coefficient (Wildman–Crippen LogP) is 5.00. The summed E-state index contributed by atoms with van der Waals surface area (Å²) in [4.78, 5) is 25.8. The van der Waals surface area contributed by atoms with Gasteiger partial charge in [-0.25, -0.2) is 19.3 Å². The molecule has 5 aromatic rings. The van der Waals surface area contributed by atoms with Gasteiger partial charge in [-0.05, 0) is 83.5 Å². The monoisotopic (exact) mass is 622 g/mol. The molecule has 45 heavy (non-hydrogen) atoms. The number of carbonyl (C=O) groups excluding carboxylic acids is 1. The molecule has 3 unspecified atom stereocenters. The van der Waals surface area contributed by atoms with Crippen molar-refractivity contribution in [1.29, 1.82) is 5.26 Å². The molecule has 6 heterocycles. The number of thiophene rings is 1. The lowest BCUT2D eigenvalue weighted by Gasteiger charge is -2.39. The maximum atomic E-state index is 12.1. The molecule has 0 radical (unpaired) electrons. The maximum Gasteiger partial charge on any atom is 0.186 e. The van der Waals surface area contributed by atoms with E-state index in [9.17, 15) is 10.1 Å². The zero-order valence-corrected chi connectivity index (χ0v) is 26.4. The van der Waals surface area contributed by atoms with E-state index in [4.69, 9.17) is 25.3 Å². The highest BCUT2D eigenvalue weighted by molar-refractivity contribution is 7.16. The highest BCUT2D eigenvalue weighted by Gasteiger charge is 2.49. The number of hydrogen-bond donors (Lipinski definition) is 1. The van der Waals surface area contributed by atoms with Gasteiger partial charge in [0, 0.05) is 29.6 Å². The van der Waals surface area contributed by atoms with Gasteiger partial charge in [0.25, 0.3) is 0 Å². The highest BCUT2D eigenvalue weighted by Crippen LogP contribution is 2.55. The number of ketones is 1. The van der Waals surface area contributed by atoms with Crippen LogP contribution in [0.2, 0.25) is 0 Å². The zero-order chi connectivity index (χ0) is 31.0. The lowest BCUT2D eigenvalue weighted by molar-refractivity contribution is 0.101. The Hall–Kier alpha value is -4.41. The van der Waals surface area contributed by atoms with Crippen molar-refractivity contribution >= 4 is 33.2 Å². The second-order valence-corrected chi connectivity index (χ2v) is 13.8. The van der Waals surface area contributed by atoms with E-state index in [0.29, 0.717) is 45.3 Å². The number of fused-ring (bicyclic) bond motifs is 5. The summed E-state index contributed by atoms with van der Waals surface area (Å²) in [6.45, 7) is 4.74. The van der Waals surface area contributed by atoms with Gasteiger partial charge in [-0.1, -0.05) is 5.16 Å². The molecule has 3 atom stereocenters. The largest absolute Gasteiger partial charge is 0.389 e. The normalized spacial score (nSPS) is 22.0. The first-order valence-corrected chi connectivity index (χ1v) is 16.5. The van der Waals surface area contributed by atoms with Crippen LogP contribution in [-0.2, 0) is 18.3 Å². The average Bonchev–Trinajstić information content (AvgIpc) is 3.86. The summed E-state index contributed by atoms with van der Waals surface area (Å²) in [6, 6.07) is 4.48. The molecule has 1 fully saturated rings. The number of nitrogens with zero attached hydrogens (tertiary/aromatic N) is 9. The Kier molecular flexibility index (Phi) is 6.44. The van der Waals surface area contributed by atoms with E-state index in [1.165, 1.54) is 23.1 Å². The number of anilines is 1.